The van der Waals surface area contributed by atoms with E-state index in [-0.39, 0.29) is 11.8 Å². The lowest BCUT2D eigenvalue weighted by Gasteiger charge is -2.40. The second kappa shape index (κ2) is 7.76. The Morgan fingerprint density at radius 1 is 1.31 bits per heavy atom. The first-order valence-corrected chi connectivity index (χ1v) is 10.6. The number of amides is 2. The molecule has 2 aromatic rings. The highest BCUT2D eigenvalue weighted by atomic mass is 32.1. The Hall–Kier alpha value is -2.45. The van der Waals surface area contributed by atoms with Crippen molar-refractivity contribution in [3.8, 4) is 5.75 Å². The van der Waals surface area contributed by atoms with Crippen LogP contribution in [-0.4, -0.2) is 53.1 Å². The number of fused-ring (bicyclic) bond motifs is 1. The van der Waals surface area contributed by atoms with Crippen LogP contribution in [-0.2, 0) is 9.53 Å². The molecule has 8 heteroatoms. The molecule has 7 nitrogen and oxygen atoms in total. The van der Waals surface area contributed by atoms with Crippen LogP contribution in [0.5, 0.6) is 5.75 Å². The Kier molecular flexibility index (Phi) is 5.31. The fourth-order valence-corrected chi connectivity index (χ4v) is 4.45. The van der Waals surface area contributed by atoms with Gasteiger partial charge in [-0.25, -0.2) is 4.98 Å². The first-order valence-electron chi connectivity index (χ1n) is 9.79. The second-order valence-corrected chi connectivity index (χ2v) is 9.01. The molecule has 0 bridgehead atoms. The highest BCUT2D eigenvalue weighted by Gasteiger charge is 2.44. The quantitative estimate of drug-likeness (QED) is 0.833. The number of thiazole rings is 1. The molecule has 1 atom stereocenters. The standard InChI is InChI=1S/C21H25N3O4S/c1-13-4-5-17-16(10-13)19(26)24(12-21(28-17)6-8-27-9-7-21)15(3)18(25)23-20-22-11-14(2)29-20/h4-5,10-11,15H,6-9,12H2,1-3H3,(H,22,23,25)/t15-/m0/s1. The molecule has 0 aliphatic carbocycles. The van der Waals surface area contributed by atoms with Crippen molar-refractivity contribution in [1.82, 2.24) is 9.88 Å². The molecule has 1 N–H and O–H groups in total. The number of nitrogens with zero attached hydrogens (tertiary/aromatic N) is 2. The van der Waals surface area contributed by atoms with Crippen molar-refractivity contribution in [3.05, 3.63) is 40.4 Å². The SMILES string of the molecule is Cc1ccc2c(c1)C(=O)N([C@@H](C)C(=O)Nc1ncc(C)s1)CC1(CCOCC1)O2. The fourth-order valence-electron chi connectivity index (χ4n) is 3.78. The molecule has 1 spiro atoms. The van der Waals surface area contributed by atoms with Gasteiger partial charge in [-0.3, -0.25) is 9.59 Å². The number of nitrogens with one attached hydrogen (secondary N) is 1. The van der Waals surface area contributed by atoms with Crippen LogP contribution in [0.1, 0.15) is 40.6 Å². The predicted octanol–water partition coefficient (Wildman–Crippen LogP) is 3.17. The largest absolute Gasteiger partial charge is 0.484 e. The Morgan fingerprint density at radius 2 is 2.07 bits per heavy atom. The summed E-state index contributed by atoms with van der Waals surface area (Å²) in [5.74, 6) is 0.129. The third-order valence-electron chi connectivity index (χ3n) is 5.51. The van der Waals surface area contributed by atoms with Gasteiger partial charge in [0.05, 0.1) is 25.3 Å². The number of ether oxygens (including phenoxy) is 2. The van der Waals surface area contributed by atoms with Gasteiger partial charge in [-0.1, -0.05) is 11.6 Å². The monoisotopic (exact) mass is 415 g/mol. The highest BCUT2D eigenvalue weighted by molar-refractivity contribution is 7.15. The van der Waals surface area contributed by atoms with Gasteiger partial charge in [-0.05, 0) is 32.9 Å². The van der Waals surface area contributed by atoms with Crippen LogP contribution in [0.25, 0.3) is 0 Å². The molecule has 2 aliphatic rings. The van der Waals surface area contributed by atoms with E-state index in [2.05, 4.69) is 10.3 Å². The smallest absolute Gasteiger partial charge is 0.258 e. The van der Waals surface area contributed by atoms with Crippen LogP contribution >= 0.6 is 11.3 Å². The van der Waals surface area contributed by atoms with Crippen LogP contribution in [0.4, 0.5) is 5.13 Å². The number of anilines is 1. The van der Waals surface area contributed by atoms with Crippen LogP contribution in [0, 0.1) is 13.8 Å². The topological polar surface area (TPSA) is 80.8 Å². The molecule has 1 aromatic carbocycles. The van der Waals surface area contributed by atoms with Gasteiger partial charge in [0, 0.05) is 23.9 Å². The number of benzene rings is 1. The Labute approximate surface area is 174 Å². The summed E-state index contributed by atoms with van der Waals surface area (Å²) < 4.78 is 11.9. The van der Waals surface area contributed by atoms with Crippen molar-refractivity contribution >= 4 is 28.3 Å². The molecule has 1 aromatic heterocycles. The molecule has 0 radical (unpaired) electrons. The van der Waals surface area contributed by atoms with Crippen LogP contribution in [0.15, 0.2) is 24.4 Å². The molecule has 3 heterocycles. The van der Waals surface area contributed by atoms with Crippen molar-refractivity contribution in [2.24, 2.45) is 0 Å². The van der Waals surface area contributed by atoms with Gasteiger partial charge in [0.25, 0.3) is 5.91 Å². The summed E-state index contributed by atoms with van der Waals surface area (Å²) in [5, 5.41) is 3.37. The van der Waals surface area contributed by atoms with Crippen LogP contribution in [0.3, 0.4) is 0 Å². The van der Waals surface area contributed by atoms with Gasteiger partial charge in [0.15, 0.2) is 5.13 Å². The van der Waals surface area contributed by atoms with Crippen LogP contribution in [0.2, 0.25) is 0 Å². The Morgan fingerprint density at radius 3 is 2.76 bits per heavy atom. The first-order chi connectivity index (χ1) is 13.9. The molecule has 154 valence electrons. The normalized spacial score (nSPS) is 19.3. The number of hydrogen-bond acceptors (Lipinski definition) is 6. The maximum atomic E-state index is 13.4. The molecule has 1 saturated heterocycles. The van der Waals surface area contributed by atoms with E-state index in [4.69, 9.17) is 9.47 Å². The lowest BCUT2D eigenvalue weighted by Crippen LogP contribution is -2.55. The second-order valence-electron chi connectivity index (χ2n) is 7.77. The van der Waals surface area contributed by atoms with Crippen molar-refractivity contribution in [2.45, 2.75) is 45.3 Å². The summed E-state index contributed by atoms with van der Waals surface area (Å²) in [5.41, 5.74) is 0.915. The number of hydrogen-bond donors (Lipinski definition) is 1. The highest BCUT2D eigenvalue weighted by Crippen LogP contribution is 2.36. The number of carbonyl (C=O) groups excluding carboxylic acids is 2. The Balaban J connectivity index is 1.66. The van der Waals surface area contributed by atoms with E-state index in [9.17, 15) is 9.59 Å². The van der Waals surface area contributed by atoms with E-state index in [1.165, 1.54) is 11.3 Å². The third-order valence-corrected chi connectivity index (χ3v) is 6.34. The third kappa shape index (κ3) is 4.00. The van der Waals surface area contributed by atoms with Gasteiger partial charge >= 0.3 is 0 Å². The maximum Gasteiger partial charge on any atom is 0.258 e. The van der Waals surface area contributed by atoms with Crippen molar-refractivity contribution in [3.63, 3.8) is 0 Å². The first kappa shape index (κ1) is 19.8. The molecule has 1 fully saturated rings. The molecule has 4 rings (SSSR count). The average Bonchev–Trinajstić information content (AvgIpc) is 3.07. The summed E-state index contributed by atoms with van der Waals surface area (Å²) >= 11 is 1.41. The summed E-state index contributed by atoms with van der Waals surface area (Å²) in [6.07, 6.45) is 3.06. The zero-order valence-corrected chi connectivity index (χ0v) is 17.7. The van der Waals surface area contributed by atoms with E-state index in [1.807, 2.05) is 32.0 Å². The molecule has 0 unspecified atom stereocenters. The van der Waals surface area contributed by atoms with E-state index in [1.54, 1.807) is 18.0 Å². The minimum absolute atomic E-state index is 0.190. The molecule has 0 saturated carbocycles. The predicted molar refractivity (Wildman–Crippen MR) is 111 cm³/mol. The van der Waals surface area contributed by atoms with E-state index in [0.717, 1.165) is 10.4 Å². The summed E-state index contributed by atoms with van der Waals surface area (Å²) in [6.45, 7) is 7.11. The lowest BCUT2D eigenvalue weighted by atomic mass is 9.93. The van der Waals surface area contributed by atoms with Crippen molar-refractivity contribution < 1.29 is 19.1 Å². The van der Waals surface area contributed by atoms with Crippen LogP contribution < -0.4 is 10.1 Å². The fraction of sp³-hybridized carbons (Fsp3) is 0.476. The van der Waals surface area contributed by atoms with E-state index in [0.29, 0.717) is 49.0 Å². The van der Waals surface area contributed by atoms with E-state index >= 15 is 0 Å². The number of aromatic nitrogens is 1. The van der Waals surface area contributed by atoms with Gasteiger partial charge in [-0.15, -0.1) is 11.3 Å². The summed E-state index contributed by atoms with van der Waals surface area (Å²) in [7, 11) is 0. The van der Waals surface area contributed by atoms with Crippen molar-refractivity contribution in [2.75, 3.05) is 25.1 Å². The Bertz CT molecular complexity index is 936. The zero-order valence-electron chi connectivity index (χ0n) is 16.9. The molecular weight excluding hydrogens is 390 g/mol. The van der Waals surface area contributed by atoms with E-state index < -0.39 is 11.6 Å². The number of aryl methyl sites for hydroxylation is 2. The van der Waals surface area contributed by atoms with Gasteiger partial charge in [-0.2, -0.15) is 0 Å². The number of carbonyl (C=O) groups is 2. The lowest BCUT2D eigenvalue weighted by molar-refractivity contribution is -0.121. The average molecular weight is 416 g/mol. The van der Waals surface area contributed by atoms with Gasteiger partial charge in [0.1, 0.15) is 17.4 Å². The summed E-state index contributed by atoms with van der Waals surface area (Å²) in [6, 6.07) is 4.96. The molecule has 2 aliphatic heterocycles. The molecule has 29 heavy (non-hydrogen) atoms. The minimum atomic E-state index is -0.665. The summed E-state index contributed by atoms with van der Waals surface area (Å²) in [4.78, 5) is 33.2. The van der Waals surface area contributed by atoms with Crippen molar-refractivity contribution in [1.29, 1.82) is 0 Å². The maximum absolute atomic E-state index is 13.4. The molecular formula is C21H25N3O4S. The van der Waals surface area contributed by atoms with Gasteiger partial charge < -0.3 is 19.7 Å². The number of rotatable bonds is 3. The zero-order chi connectivity index (χ0) is 20.6. The minimum Gasteiger partial charge on any atom is -0.484 e. The molecule has 2 amide bonds. The van der Waals surface area contributed by atoms with Gasteiger partial charge in [0.2, 0.25) is 5.91 Å².